The lowest BCUT2D eigenvalue weighted by atomic mass is 10.1. The highest BCUT2D eigenvalue weighted by molar-refractivity contribution is 9.08. The van der Waals surface area contributed by atoms with E-state index in [0.717, 1.165) is 37.0 Å². The molecule has 2 heterocycles. The summed E-state index contributed by atoms with van der Waals surface area (Å²) >= 11 is 3.56. The number of ether oxygens (including phenoxy) is 1. The van der Waals surface area contributed by atoms with E-state index >= 15 is 0 Å². The Morgan fingerprint density at radius 2 is 2.06 bits per heavy atom. The van der Waals surface area contributed by atoms with Gasteiger partial charge in [-0.3, -0.25) is 4.68 Å². The fourth-order valence-corrected chi connectivity index (χ4v) is 3.20. The van der Waals surface area contributed by atoms with E-state index in [-0.39, 0.29) is 0 Å². The van der Waals surface area contributed by atoms with Crippen molar-refractivity contribution in [3.63, 3.8) is 0 Å². The number of piperidine rings is 1. The summed E-state index contributed by atoms with van der Waals surface area (Å²) in [6, 6.07) is 0. The number of halogens is 1. The van der Waals surface area contributed by atoms with Crippen molar-refractivity contribution in [2.75, 3.05) is 25.1 Å². The van der Waals surface area contributed by atoms with Crippen LogP contribution in [0.25, 0.3) is 0 Å². The quantitative estimate of drug-likeness (QED) is 0.802. The predicted octanol–water partition coefficient (Wildman–Crippen LogP) is 2.24. The summed E-state index contributed by atoms with van der Waals surface area (Å²) in [5, 5.41) is 5.38. The topological polar surface area (TPSA) is 30.3 Å². The highest BCUT2D eigenvalue weighted by Crippen LogP contribution is 2.28. The van der Waals surface area contributed by atoms with Crippen LogP contribution in [0.2, 0.25) is 0 Å². The molecule has 0 atom stereocenters. The van der Waals surface area contributed by atoms with Gasteiger partial charge in [0.15, 0.2) is 0 Å². The number of hydrogen-bond acceptors (Lipinski definition) is 3. The van der Waals surface area contributed by atoms with Crippen LogP contribution in [0.1, 0.15) is 24.1 Å². The Morgan fingerprint density at radius 1 is 1.41 bits per heavy atom. The molecule has 1 aliphatic heterocycles. The second-order valence-corrected chi connectivity index (χ2v) is 5.13. The molecule has 0 saturated carbocycles. The summed E-state index contributed by atoms with van der Waals surface area (Å²) in [6.07, 6.45) is 2.62. The number of aryl methyl sites for hydroxylation is 2. The highest BCUT2D eigenvalue weighted by Gasteiger charge is 2.24. The van der Waals surface area contributed by atoms with Crippen LogP contribution in [-0.4, -0.2) is 36.1 Å². The number of aromatic nitrogens is 2. The maximum Gasteiger partial charge on any atom is 0.130 e. The third-order valence-electron chi connectivity index (χ3n) is 3.52. The average molecular weight is 302 g/mol. The van der Waals surface area contributed by atoms with Crippen molar-refractivity contribution >= 4 is 21.7 Å². The molecule has 2 rings (SSSR count). The van der Waals surface area contributed by atoms with Gasteiger partial charge in [-0.15, -0.1) is 0 Å². The summed E-state index contributed by atoms with van der Waals surface area (Å²) in [5.41, 5.74) is 2.43. The Balaban J connectivity index is 2.18. The average Bonchev–Trinajstić information content (AvgIpc) is 2.63. The maximum absolute atomic E-state index is 5.41. The van der Waals surface area contributed by atoms with Gasteiger partial charge in [-0.05, 0) is 19.8 Å². The molecule has 0 aromatic carbocycles. The maximum atomic E-state index is 5.41. The molecule has 0 bridgehead atoms. The first-order valence-corrected chi connectivity index (χ1v) is 7.15. The Morgan fingerprint density at radius 3 is 2.59 bits per heavy atom. The molecule has 1 aliphatic rings. The SMILES string of the molecule is COC1CCN(c2c(CBr)c(C)nn2C)CC1. The molecule has 0 aliphatic carbocycles. The zero-order valence-corrected chi connectivity index (χ0v) is 12.3. The van der Waals surface area contributed by atoms with Crippen molar-refractivity contribution in [2.45, 2.75) is 31.2 Å². The third-order valence-corrected chi connectivity index (χ3v) is 4.08. The predicted molar refractivity (Wildman–Crippen MR) is 72.8 cm³/mol. The van der Waals surface area contributed by atoms with Gasteiger partial charge in [0.05, 0.1) is 11.8 Å². The van der Waals surface area contributed by atoms with Gasteiger partial charge >= 0.3 is 0 Å². The Labute approximate surface area is 111 Å². The van der Waals surface area contributed by atoms with Crippen LogP contribution in [0, 0.1) is 6.92 Å². The summed E-state index contributed by atoms with van der Waals surface area (Å²) in [7, 11) is 3.83. The zero-order chi connectivity index (χ0) is 12.4. The molecule has 1 fully saturated rings. The molecule has 0 spiro atoms. The molecule has 0 amide bonds. The number of anilines is 1. The Bertz CT molecular complexity index is 383. The monoisotopic (exact) mass is 301 g/mol. The van der Waals surface area contributed by atoms with Gasteiger partial charge < -0.3 is 9.64 Å². The van der Waals surface area contributed by atoms with Gasteiger partial charge in [0.25, 0.3) is 0 Å². The molecular formula is C12H20BrN3O. The van der Waals surface area contributed by atoms with E-state index < -0.39 is 0 Å². The Hall–Kier alpha value is -0.550. The van der Waals surface area contributed by atoms with Gasteiger partial charge in [-0.2, -0.15) is 5.10 Å². The first-order chi connectivity index (χ1) is 8.17. The van der Waals surface area contributed by atoms with Crippen LogP contribution >= 0.6 is 15.9 Å². The number of methoxy groups -OCH3 is 1. The summed E-state index contributed by atoms with van der Waals surface area (Å²) in [4.78, 5) is 2.42. The number of rotatable bonds is 3. The molecule has 0 unspecified atom stereocenters. The largest absolute Gasteiger partial charge is 0.381 e. The van der Waals surface area contributed by atoms with Gasteiger partial charge in [0.2, 0.25) is 0 Å². The van der Waals surface area contributed by atoms with Crippen molar-refractivity contribution in [1.29, 1.82) is 0 Å². The van der Waals surface area contributed by atoms with Gasteiger partial charge in [-0.25, -0.2) is 0 Å². The smallest absolute Gasteiger partial charge is 0.130 e. The van der Waals surface area contributed by atoms with Crippen LogP contribution < -0.4 is 4.90 Å². The molecule has 96 valence electrons. The molecule has 4 nitrogen and oxygen atoms in total. The van der Waals surface area contributed by atoms with Crippen molar-refractivity contribution < 1.29 is 4.74 Å². The molecular weight excluding hydrogens is 282 g/mol. The molecule has 1 saturated heterocycles. The van der Waals surface area contributed by atoms with E-state index in [4.69, 9.17) is 4.74 Å². The third kappa shape index (κ3) is 2.50. The van der Waals surface area contributed by atoms with Crippen LogP contribution in [-0.2, 0) is 17.1 Å². The zero-order valence-electron chi connectivity index (χ0n) is 10.7. The van der Waals surface area contributed by atoms with Gasteiger partial charge in [0, 0.05) is 38.1 Å². The van der Waals surface area contributed by atoms with Crippen LogP contribution in [0.3, 0.4) is 0 Å². The van der Waals surface area contributed by atoms with Crippen molar-refractivity contribution in [3.05, 3.63) is 11.3 Å². The molecule has 1 aromatic heterocycles. The summed E-state index contributed by atoms with van der Waals surface area (Å²) in [5.74, 6) is 1.26. The number of nitrogens with zero attached hydrogens (tertiary/aromatic N) is 3. The van der Waals surface area contributed by atoms with Crippen molar-refractivity contribution in [2.24, 2.45) is 7.05 Å². The normalized spacial score (nSPS) is 17.8. The standard InChI is InChI=1S/C12H20BrN3O/c1-9-11(8-13)12(15(2)14-9)16-6-4-10(17-3)5-7-16/h10H,4-8H2,1-3H3. The molecule has 0 N–H and O–H groups in total. The van der Waals surface area contributed by atoms with E-state index in [1.807, 2.05) is 11.7 Å². The molecule has 5 heteroatoms. The van der Waals surface area contributed by atoms with E-state index in [1.165, 1.54) is 11.4 Å². The van der Waals surface area contributed by atoms with Crippen LogP contribution in [0.5, 0.6) is 0 Å². The van der Waals surface area contributed by atoms with Crippen LogP contribution in [0.4, 0.5) is 5.82 Å². The van der Waals surface area contributed by atoms with Gasteiger partial charge in [-0.1, -0.05) is 15.9 Å². The van der Waals surface area contributed by atoms with Crippen molar-refractivity contribution in [3.8, 4) is 0 Å². The highest BCUT2D eigenvalue weighted by atomic mass is 79.9. The van der Waals surface area contributed by atoms with E-state index in [1.54, 1.807) is 7.11 Å². The Kier molecular flexibility index (Phi) is 4.09. The lowest BCUT2D eigenvalue weighted by Crippen LogP contribution is -2.38. The number of hydrogen-bond donors (Lipinski definition) is 0. The second kappa shape index (κ2) is 5.40. The lowest BCUT2D eigenvalue weighted by molar-refractivity contribution is 0.0816. The van der Waals surface area contributed by atoms with E-state index in [0.29, 0.717) is 6.10 Å². The van der Waals surface area contributed by atoms with E-state index in [9.17, 15) is 0 Å². The summed E-state index contributed by atoms with van der Waals surface area (Å²) < 4.78 is 7.41. The van der Waals surface area contributed by atoms with Gasteiger partial charge in [0.1, 0.15) is 5.82 Å². The minimum absolute atomic E-state index is 0.424. The molecule has 1 aromatic rings. The fourth-order valence-electron chi connectivity index (χ4n) is 2.55. The molecule has 17 heavy (non-hydrogen) atoms. The first-order valence-electron chi connectivity index (χ1n) is 6.03. The van der Waals surface area contributed by atoms with E-state index in [2.05, 4.69) is 32.9 Å². The minimum Gasteiger partial charge on any atom is -0.381 e. The lowest BCUT2D eigenvalue weighted by Gasteiger charge is -2.33. The van der Waals surface area contributed by atoms with Crippen LogP contribution in [0.15, 0.2) is 0 Å². The summed E-state index contributed by atoms with van der Waals surface area (Å²) in [6.45, 7) is 4.18. The minimum atomic E-state index is 0.424. The fraction of sp³-hybridized carbons (Fsp3) is 0.750. The van der Waals surface area contributed by atoms with Crippen molar-refractivity contribution in [1.82, 2.24) is 9.78 Å². The molecule has 0 radical (unpaired) electrons. The second-order valence-electron chi connectivity index (χ2n) is 4.57. The first kappa shape index (κ1) is 12.9. The number of alkyl halides is 1.